The molecule has 2 rings (SSSR count). The molecule has 0 amide bonds. The molecule has 9 nitrogen and oxygen atoms in total. The molecule has 1 aromatic rings. The largest absolute Gasteiger partial charge is 0.481 e. The molecule has 0 aliphatic carbocycles. The van der Waals surface area contributed by atoms with Crippen molar-refractivity contribution in [3.63, 3.8) is 0 Å². The Morgan fingerprint density at radius 2 is 1.63 bits per heavy atom. The molecule has 10 heteroatoms. The summed E-state index contributed by atoms with van der Waals surface area (Å²) in [6.07, 6.45) is 31.6. The molecule has 1 aliphatic heterocycles. The van der Waals surface area contributed by atoms with Crippen molar-refractivity contribution in [3.8, 4) is 5.88 Å². The van der Waals surface area contributed by atoms with Crippen LogP contribution in [-0.4, -0.2) is 94.0 Å². The molecule has 0 aromatic carbocycles. The third-order valence-corrected chi connectivity index (χ3v) is 9.09. The van der Waals surface area contributed by atoms with Crippen molar-refractivity contribution in [1.82, 2.24) is 14.9 Å². The normalized spacial score (nSPS) is 14.4. The monoisotopic (exact) mass is 663 g/mol. The van der Waals surface area contributed by atoms with Crippen LogP contribution in [0.2, 0.25) is 0 Å². The Labute approximate surface area is 283 Å². The van der Waals surface area contributed by atoms with Crippen LogP contribution < -0.4 is 4.74 Å². The van der Waals surface area contributed by atoms with Crippen molar-refractivity contribution in [2.45, 2.75) is 129 Å². The highest BCUT2D eigenvalue weighted by atomic mass is 32.2. The molecule has 2 heterocycles. The van der Waals surface area contributed by atoms with Crippen LogP contribution in [0.25, 0.3) is 0 Å². The number of hydrogen-bond acceptors (Lipinski definition) is 8. The van der Waals surface area contributed by atoms with Crippen LogP contribution in [0.15, 0.2) is 31.0 Å². The average Bonchev–Trinajstić information content (AvgIpc) is 3.51. The first-order valence-electron chi connectivity index (χ1n) is 18.1. The lowest BCUT2D eigenvalue weighted by molar-refractivity contribution is -0.460. The minimum atomic E-state index is -0.771. The van der Waals surface area contributed by atoms with E-state index in [2.05, 4.69) is 21.8 Å². The van der Waals surface area contributed by atoms with Crippen LogP contribution in [0.4, 0.5) is 0 Å². The van der Waals surface area contributed by atoms with Gasteiger partial charge in [0.05, 0.1) is 32.4 Å². The maximum Gasteiger partial charge on any atom is 0.303 e. The number of aliphatic carboxylic acids is 1. The lowest BCUT2D eigenvalue weighted by Crippen LogP contribution is -2.27. The van der Waals surface area contributed by atoms with E-state index < -0.39 is 5.97 Å². The average molecular weight is 664 g/mol. The lowest BCUT2D eigenvalue weighted by Gasteiger charge is -2.18. The molecule has 0 saturated heterocycles. The van der Waals surface area contributed by atoms with Crippen LogP contribution in [0.3, 0.4) is 0 Å². The van der Waals surface area contributed by atoms with E-state index in [9.17, 15) is 4.79 Å². The Balaban J connectivity index is 1.44. The van der Waals surface area contributed by atoms with Crippen molar-refractivity contribution in [3.05, 3.63) is 31.0 Å². The van der Waals surface area contributed by atoms with Gasteiger partial charge in [-0.05, 0) is 6.42 Å². The van der Waals surface area contributed by atoms with Gasteiger partial charge in [-0.1, -0.05) is 103 Å². The SMILES string of the molecule is CCCCCCCCCCCCCCCCCCOCC(CSCCOCCN1C=C[N+](=CCCC(=O)O)C1)Oc1ccncn1. The predicted octanol–water partition coefficient (Wildman–Crippen LogP) is 7.94. The molecule has 1 N–H and O–H groups in total. The Morgan fingerprint density at radius 3 is 2.26 bits per heavy atom. The van der Waals surface area contributed by atoms with Gasteiger partial charge in [0.25, 0.3) is 0 Å². The molecular weight excluding hydrogens is 600 g/mol. The van der Waals surface area contributed by atoms with E-state index in [0.29, 0.717) is 32.1 Å². The third-order valence-electron chi connectivity index (χ3n) is 8.02. The summed E-state index contributed by atoms with van der Waals surface area (Å²) < 4.78 is 20.0. The summed E-state index contributed by atoms with van der Waals surface area (Å²) in [7, 11) is 0. The van der Waals surface area contributed by atoms with E-state index in [1.54, 1.807) is 24.0 Å². The van der Waals surface area contributed by atoms with Gasteiger partial charge in [-0.3, -0.25) is 4.79 Å². The first-order valence-corrected chi connectivity index (χ1v) is 19.2. The number of nitrogens with zero attached hydrogens (tertiary/aromatic N) is 4. The predicted molar refractivity (Wildman–Crippen MR) is 189 cm³/mol. The van der Waals surface area contributed by atoms with Gasteiger partial charge in [-0.15, -0.1) is 0 Å². The van der Waals surface area contributed by atoms with Crippen molar-refractivity contribution in [2.75, 3.05) is 51.1 Å². The summed E-state index contributed by atoms with van der Waals surface area (Å²) in [5, 5.41) is 8.77. The van der Waals surface area contributed by atoms with E-state index in [1.807, 2.05) is 23.2 Å². The smallest absolute Gasteiger partial charge is 0.303 e. The first kappa shape index (κ1) is 40.0. The maximum absolute atomic E-state index is 10.7. The van der Waals surface area contributed by atoms with Crippen LogP contribution in [0, 0.1) is 0 Å². The summed E-state index contributed by atoms with van der Waals surface area (Å²) in [6, 6.07) is 1.79. The van der Waals surface area contributed by atoms with Crippen molar-refractivity contribution in [1.29, 1.82) is 0 Å². The second kappa shape index (κ2) is 29.0. The maximum atomic E-state index is 10.7. The number of aromatic nitrogens is 2. The van der Waals surface area contributed by atoms with Gasteiger partial charge in [0.2, 0.25) is 12.5 Å². The number of rotatable bonds is 32. The van der Waals surface area contributed by atoms with Gasteiger partial charge >= 0.3 is 5.97 Å². The van der Waals surface area contributed by atoms with Crippen molar-refractivity contribution >= 4 is 23.9 Å². The third kappa shape index (κ3) is 23.2. The van der Waals surface area contributed by atoms with Crippen molar-refractivity contribution in [2.24, 2.45) is 0 Å². The molecule has 0 fully saturated rings. The summed E-state index contributed by atoms with van der Waals surface area (Å²) in [5.74, 6) is 1.50. The molecule has 46 heavy (non-hydrogen) atoms. The summed E-state index contributed by atoms with van der Waals surface area (Å²) >= 11 is 1.80. The number of carboxylic acid groups (broad SMARTS) is 1. The molecule has 0 saturated carbocycles. The van der Waals surface area contributed by atoms with Gasteiger partial charge in [0.1, 0.15) is 18.6 Å². The zero-order chi connectivity index (χ0) is 32.8. The Morgan fingerprint density at radius 1 is 0.957 bits per heavy atom. The summed E-state index contributed by atoms with van der Waals surface area (Å²) in [5.41, 5.74) is 0. The quantitative estimate of drug-likeness (QED) is 0.0609. The molecule has 262 valence electrons. The van der Waals surface area contributed by atoms with Crippen LogP contribution >= 0.6 is 11.8 Å². The Hall–Kier alpha value is -2.17. The molecule has 1 aliphatic rings. The number of hydrogen-bond donors (Lipinski definition) is 1. The van der Waals surface area contributed by atoms with Gasteiger partial charge in [-0.2, -0.15) is 16.3 Å². The second-order valence-corrected chi connectivity index (χ2v) is 13.4. The zero-order valence-electron chi connectivity index (χ0n) is 28.7. The number of carboxylic acids is 1. The van der Waals surface area contributed by atoms with E-state index in [-0.39, 0.29) is 12.5 Å². The van der Waals surface area contributed by atoms with Gasteiger partial charge in [-0.25, -0.2) is 9.97 Å². The molecule has 1 unspecified atom stereocenters. The van der Waals surface area contributed by atoms with Crippen LogP contribution in [0.1, 0.15) is 122 Å². The minimum Gasteiger partial charge on any atom is -0.481 e. The number of ether oxygens (including phenoxy) is 3. The summed E-state index contributed by atoms with van der Waals surface area (Å²) in [6.45, 7) is 6.48. The molecule has 1 aromatic heterocycles. The Kier molecular flexibility index (Phi) is 25.2. The number of unbranched alkanes of at least 4 members (excludes halogenated alkanes) is 15. The molecule has 1 atom stereocenters. The first-order chi connectivity index (χ1) is 22.7. The zero-order valence-corrected chi connectivity index (χ0v) is 29.5. The van der Waals surface area contributed by atoms with E-state index in [1.165, 1.54) is 103 Å². The highest BCUT2D eigenvalue weighted by molar-refractivity contribution is 7.99. The van der Waals surface area contributed by atoms with Gasteiger partial charge in [0.15, 0.2) is 6.20 Å². The molecular formula is C36H63N4O5S+. The topological polar surface area (TPSA) is 97.0 Å². The lowest BCUT2D eigenvalue weighted by atomic mass is 10.0. The van der Waals surface area contributed by atoms with E-state index in [0.717, 1.165) is 37.7 Å². The fraction of sp³-hybridized carbons (Fsp3) is 0.778. The van der Waals surface area contributed by atoms with Crippen molar-refractivity contribution < 1.29 is 28.7 Å². The molecule has 0 spiro atoms. The number of thioether (sulfide) groups is 1. The summed E-state index contributed by atoms with van der Waals surface area (Å²) in [4.78, 5) is 21.0. The second-order valence-electron chi connectivity index (χ2n) is 12.2. The fourth-order valence-electron chi connectivity index (χ4n) is 5.32. The molecule has 0 radical (unpaired) electrons. The van der Waals surface area contributed by atoms with E-state index in [4.69, 9.17) is 19.3 Å². The highest BCUT2D eigenvalue weighted by Gasteiger charge is 2.15. The van der Waals surface area contributed by atoms with Gasteiger partial charge in [0, 0.05) is 43.3 Å². The Bertz CT molecular complexity index is 921. The van der Waals surface area contributed by atoms with Crippen LogP contribution in [-0.2, 0) is 14.3 Å². The fourth-order valence-corrected chi connectivity index (χ4v) is 6.15. The minimum absolute atomic E-state index is 0.0703. The van der Waals surface area contributed by atoms with E-state index >= 15 is 0 Å². The highest BCUT2D eigenvalue weighted by Crippen LogP contribution is 2.15. The number of carbonyl (C=O) groups is 1. The van der Waals surface area contributed by atoms with Crippen LogP contribution in [0.5, 0.6) is 5.88 Å². The standard InChI is InChI=1S/C36H62N4O5S/c1-2-3-4-5-6-7-8-9-10-11-12-13-14-15-16-17-26-44-30-34(45-35-20-21-37-32-38-35)31-46-29-28-43-27-25-40-24-23-39(33-40)22-18-19-36(41)42/h20-24,32,34H,2-19,25-31,33H2,1H3/p+1. The molecule has 0 bridgehead atoms. The van der Waals surface area contributed by atoms with Gasteiger partial charge < -0.3 is 24.2 Å².